The van der Waals surface area contributed by atoms with Gasteiger partial charge in [-0.25, -0.2) is 18.6 Å². The number of halogens is 2. The van der Waals surface area contributed by atoms with Gasteiger partial charge in [0.25, 0.3) is 0 Å². The summed E-state index contributed by atoms with van der Waals surface area (Å²) in [6, 6.07) is 3.01. The largest absolute Gasteiger partial charge is 0.346 e. The van der Waals surface area contributed by atoms with Crippen molar-refractivity contribution in [1.82, 2.24) is 9.88 Å². The summed E-state index contributed by atoms with van der Waals surface area (Å²) in [6.07, 6.45) is 0.770. The number of urea groups is 1. The zero-order chi connectivity index (χ0) is 17.1. The number of nitrogens with zero attached hydrogens (tertiary/aromatic N) is 3. The summed E-state index contributed by atoms with van der Waals surface area (Å²) >= 11 is 1.58. The number of para-hydroxylation sites is 1. The van der Waals surface area contributed by atoms with E-state index in [2.05, 4.69) is 15.2 Å². The molecule has 1 N–H and O–H groups in total. The average molecular weight is 352 g/mol. The van der Waals surface area contributed by atoms with Crippen LogP contribution in [0.25, 0.3) is 0 Å². The summed E-state index contributed by atoms with van der Waals surface area (Å²) in [5.41, 5.74) is 0.572. The molecule has 1 aromatic heterocycles. The van der Waals surface area contributed by atoms with Crippen LogP contribution in [-0.4, -0.2) is 42.1 Å². The normalized spacial score (nSPS) is 15.3. The second-order valence-corrected chi connectivity index (χ2v) is 6.46. The third kappa shape index (κ3) is 3.64. The van der Waals surface area contributed by atoms with Crippen LogP contribution >= 0.6 is 11.3 Å². The highest BCUT2D eigenvalue weighted by Crippen LogP contribution is 2.22. The number of aryl methyl sites for hydroxylation is 1. The van der Waals surface area contributed by atoms with E-state index in [1.165, 1.54) is 6.07 Å². The van der Waals surface area contributed by atoms with Crippen LogP contribution in [0.15, 0.2) is 23.6 Å². The van der Waals surface area contributed by atoms with Crippen LogP contribution in [0, 0.1) is 18.6 Å². The lowest BCUT2D eigenvalue weighted by molar-refractivity contribution is 0.215. The van der Waals surface area contributed by atoms with Gasteiger partial charge in [-0.2, -0.15) is 0 Å². The standard InChI is InChI=1S/C16H18F2N4OS/c1-11-10-24-16(19-11)22-7-3-6-21(8-9-22)15(23)20-14-12(17)4-2-5-13(14)18/h2,4-5,10H,3,6-9H2,1H3,(H,20,23). The fraction of sp³-hybridized carbons (Fsp3) is 0.375. The van der Waals surface area contributed by atoms with E-state index >= 15 is 0 Å². The van der Waals surface area contributed by atoms with Crippen molar-refractivity contribution < 1.29 is 13.6 Å². The van der Waals surface area contributed by atoms with E-state index in [0.29, 0.717) is 19.6 Å². The lowest BCUT2D eigenvalue weighted by Crippen LogP contribution is -2.38. The van der Waals surface area contributed by atoms with Crippen LogP contribution in [0.2, 0.25) is 0 Å². The van der Waals surface area contributed by atoms with E-state index in [1.807, 2.05) is 12.3 Å². The van der Waals surface area contributed by atoms with Gasteiger partial charge in [0.05, 0.1) is 5.69 Å². The summed E-state index contributed by atoms with van der Waals surface area (Å²) in [5.74, 6) is -1.56. The molecule has 0 spiro atoms. The molecule has 0 bridgehead atoms. The topological polar surface area (TPSA) is 48.5 Å². The number of carbonyl (C=O) groups is 1. The quantitative estimate of drug-likeness (QED) is 0.900. The first kappa shape index (κ1) is 16.6. The zero-order valence-corrected chi connectivity index (χ0v) is 14.1. The zero-order valence-electron chi connectivity index (χ0n) is 13.3. The highest BCUT2D eigenvalue weighted by atomic mass is 32.1. The number of benzene rings is 1. The lowest BCUT2D eigenvalue weighted by Gasteiger charge is -2.22. The minimum Gasteiger partial charge on any atom is -0.346 e. The van der Waals surface area contributed by atoms with Crippen LogP contribution in [0.1, 0.15) is 12.1 Å². The first-order chi connectivity index (χ1) is 11.5. The second kappa shape index (κ2) is 7.12. The molecule has 2 amide bonds. The number of rotatable bonds is 2. The SMILES string of the molecule is Cc1csc(N2CCCN(C(=O)Nc3c(F)cccc3F)CC2)n1. The highest BCUT2D eigenvalue weighted by Gasteiger charge is 2.22. The van der Waals surface area contributed by atoms with E-state index < -0.39 is 23.4 Å². The van der Waals surface area contributed by atoms with Gasteiger partial charge < -0.3 is 15.1 Å². The number of thiazole rings is 1. The summed E-state index contributed by atoms with van der Waals surface area (Å²) in [7, 11) is 0. The number of aromatic nitrogens is 1. The van der Waals surface area contributed by atoms with E-state index in [1.54, 1.807) is 16.2 Å². The van der Waals surface area contributed by atoms with Gasteiger partial charge in [-0.15, -0.1) is 11.3 Å². The third-order valence-corrected chi connectivity index (χ3v) is 4.87. The first-order valence-electron chi connectivity index (χ1n) is 7.71. The number of nitrogens with one attached hydrogen (secondary N) is 1. The van der Waals surface area contributed by atoms with Crippen LogP contribution in [0.4, 0.5) is 24.4 Å². The average Bonchev–Trinajstić information content (AvgIpc) is 2.84. The molecule has 128 valence electrons. The van der Waals surface area contributed by atoms with Gasteiger partial charge in [0, 0.05) is 31.6 Å². The molecule has 0 atom stereocenters. The molecule has 1 saturated heterocycles. The maximum Gasteiger partial charge on any atom is 0.322 e. The van der Waals surface area contributed by atoms with Crippen LogP contribution < -0.4 is 10.2 Å². The van der Waals surface area contributed by atoms with Gasteiger partial charge >= 0.3 is 6.03 Å². The molecule has 1 aliphatic rings. The molecule has 2 heterocycles. The molecule has 0 saturated carbocycles. The maximum absolute atomic E-state index is 13.7. The van der Waals surface area contributed by atoms with E-state index in [-0.39, 0.29) is 0 Å². The number of hydrogen-bond donors (Lipinski definition) is 1. The lowest BCUT2D eigenvalue weighted by atomic mass is 10.3. The Hall–Kier alpha value is -2.22. The monoisotopic (exact) mass is 352 g/mol. The van der Waals surface area contributed by atoms with Crippen molar-refractivity contribution in [2.45, 2.75) is 13.3 Å². The van der Waals surface area contributed by atoms with Gasteiger partial charge in [-0.05, 0) is 25.5 Å². The molecule has 3 rings (SSSR count). The predicted octanol–water partition coefficient (Wildman–Crippen LogP) is 3.47. The number of anilines is 2. The van der Waals surface area contributed by atoms with Crippen molar-refractivity contribution in [2.75, 3.05) is 36.4 Å². The smallest absolute Gasteiger partial charge is 0.322 e. The summed E-state index contributed by atoms with van der Waals surface area (Å²) < 4.78 is 27.3. The number of carbonyl (C=O) groups excluding carboxylic acids is 1. The molecule has 5 nitrogen and oxygen atoms in total. The van der Waals surface area contributed by atoms with Crippen molar-refractivity contribution in [3.8, 4) is 0 Å². The van der Waals surface area contributed by atoms with E-state index in [4.69, 9.17) is 0 Å². The molecule has 2 aromatic rings. The molecule has 24 heavy (non-hydrogen) atoms. The Kier molecular flexibility index (Phi) is 4.94. The Balaban J connectivity index is 1.64. The van der Waals surface area contributed by atoms with Crippen LogP contribution in [0.3, 0.4) is 0 Å². The van der Waals surface area contributed by atoms with Gasteiger partial charge in [0.2, 0.25) is 0 Å². The third-order valence-electron chi connectivity index (χ3n) is 3.86. The highest BCUT2D eigenvalue weighted by molar-refractivity contribution is 7.13. The second-order valence-electron chi connectivity index (χ2n) is 5.63. The van der Waals surface area contributed by atoms with Crippen molar-refractivity contribution in [1.29, 1.82) is 0 Å². The molecular weight excluding hydrogens is 334 g/mol. The molecule has 8 heteroatoms. The fourth-order valence-corrected chi connectivity index (χ4v) is 3.46. The fourth-order valence-electron chi connectivity index (χ4n) is 2.60. The minimum atomic E-state index is -0.780. The van der Waals surface area contributed by atoms with E-state index in [0.717, 1.165) is 35.9 Å². The first-order valence-corrected chi connectivity index (χ1v) is 8.59. The number of amides is 2. The maximum atomic E-state index is 13.7. The van der Waals surface area contributed by atoms with Gasteiger partial charge in [-0.3, -0.25) is 0 Å². The molecular formula is C16H18F2N4OS. The molecule has 1 aromatic carbocycles. The van der Waals surface area contributed by atoms with Crippen molar-refractivity contribution in [2.24, 2.45) is 0 Å². The van der Waals surface area contributed by atoms with Crippen molar-refractivity contribution >= 4 is 28.2 Å². The Morgan fingerprint density at radius 1 is 1.21 bits per heavy atom. The molecule has 1 aliphatic heterocycles. The predicted molar refractivity (Wildman–Crippen MR) is 90.6 cm³/mol. The molecule has 0 radical (unpaired) electrons. The van der Waals surface area contributed by atoms with Crippen LogP contribution in [-0.2, 0) is 0 Å². The molecule has 0 unspecified atom stereocenters. The van der Waals surface area contributed by atoms with Gasteiger partial charge in [-0.1, -0.05) is 6.07 Å². The van der Waals surface area contributed by atoms with Gasteiger partial charge in [0.1, 0.15) is 17.3 Å². The Morgan fingerprint density at radius 3 is 2.62 bits per heavy atom. The molecule has 0 aliphatic carbocycles. The van der Waals surface area contributed by atoms with Crippen molar-refractivity contribution in [3.05, 3.63) is 40.9 Å². The minimum absolute atomic E-state index is 0.404. The summed E-state index contributed by atoms with van der Waals surface area (Å²) in [4.78, 5) is 20.5. The van der Waals surface area contributed by atoms with Crippen LogP contribution in [0.5, 0.6) is 0 Å². The summed E-state index contributed by atoms with van der Waals surface area (Å²) in [5, 5.41) is 5.27. The van der Waals surface area contributed by atoms with Gasteiger partial charge in [0.15, 0.2) is 5.13 Å². The molecule has 1 fully saturated rings. The number of hydrogen-bond acceptors (Lipinski definition) is 4. The Bertz CT molecular complexity index is 716. The van der Waals surface area contributed by atoms with Crippen molar-refractivity contribution in [3.63, 3.8) is 0 Å². The Morgan fingerprint density at radius 2 is 1.96 bits per heavy atom. The summed E-state index contributed by atoms with van der Waals surface area (Å²) in [6.45, 7) is 4.38. The van der Waals surface area contributed by atoms with E-state index in [9.17, 15) is 13.6 Å². The Labute approximate surface area is 142 Å².